The second-order valence-corrected chi connectivity index (χ2v) is 3.37. The first-order valence-electron chi connectivity index (χ1n) is 4.60. The van der Waals surface area contributed by atoms with Crippen LogP contribution >= 0.6 is 15.9 Å². The van der Waals surface area contributed by atoms with Gasteiger partial charge in [-0.05, 0) is 24.6 Å². The summed E-state index contributed by atoms with van der Waals surface area (Å²) in [6.07, 6.45) is 0. The Morgan fingerprint density at radius 3 is 3.00 bits per heavy atom. The molecule has 0 spiro atoms. The molecule has 0 heterocycles. The molecular weight excluding hydrogens is 256 g/mol. The molecule has 2 nitrogen and oxygen atoms in total. The molecule has 0 aliphatic heterocycles. The van der Waals surface area contributed by atoms with Gasteiger partial charge in [0.05, 0.1) is 6.61 Å². The molecule has 0 aliphatic carbocycles. The van der Waals surface area contributed by atoms with Crippen molar-refractivity contribution in [1.29, 1.82) is 0 Å². The van der Waals surface area contributed by atoms with Gasteiger partial charge in [0.2, 0.25) is 0 Å². The first kappa shape index (κ1) is 11.8. The molecule has 0 saturated heterocycles. The molecule has 0 aromatic heterocycles. The molecule has 78 valence electrons. The average Bonchev–Trinajstić information content (AvgIpc) is 2.27. The maximum atomic E-state index is 11.0. The topological polar surface area (TPSA) is 26.3 Å². The Hall–Kier alpha value is -1.27. The summed E-state index contributed by atoms with van der Waals surface area (Å²) in [5.74, 6) is 4.70. The third-order valence-corrected chi connectivity index (χ3v) is 2.31. The molecule has 0 atom stereocenters. The lowest BCUT2D eigenvalue weighted by Gasteiger charge is -1.95. The van der Waals surface area contributed by atoms with Crippen molar-refractivity contribution in [2.24, 2.45) is 0 Å². The molecule has 0 N–H and O–H groups in total. The highest BCUT2D eigenvalue weighted by Crippen LogP contribution is 2.07. The van der Waals surface area contributed by atoms with Crippen LogP contribution in [0.5, 0.6) is 0 Å². The minimum atomic E-state index is -0.484. The van der Waals surface area contributed by atoms with Crippen LogP contribution in [-0.4, -0.2) is 12.6 Å². The van der Waals surface area contributed by atoms with Gasteiger partial charge in [0.25, 0.3) is 0 Å². The van der Waals surface area contributed by atoms with Crippen LogP contribution in [0, 0.1) is 11.8 Å². The molecule has 15 heavy (non-hydrogen) atoms. The Morgan fingerprint density at radius 1 is 1.53 bits per heavy atom. The number of hydrogen-bond donors (Lipinski definition) is 0. The van der Waals surface area contributed by atoms with Gasteiger partial charge in [0.15, 0.2) is 0 Å². The highest BCUT2D eigenvalue weighted by atomic mass is 79.9. The van der Waals surface area contributed by atoms with Crippen LogP contribution < -0.4 is 0 Å². The van der Waals surface area contributed by atoms with Gasteiger partial charge < -0.3 is 4.74 Å². The summed E-state index contributed by atoms with van der Waals surface area (Å²) in [4.78, 5) is 11.0. The van der Waals surface area contributed by atoms with Gasteiger partial charge in [-0.2, -0.15) is 0 Å². The SMILES string of the molecule is CCOC(=O)C#Cc1cccc(CBr)c1. The summed E-state index contributed by atoms with van der Waals surface area (Å²) in [5, 5.41) is 0.780. The number of carbonyl (C=O) groups is 1. The lowest BCUT2D eigenvalue weighted by Crippen LogP contribution is -1.99. The highest BCUT2D eigenvalue weighted by molar-refractivity contribution is 9.08. The number of ether oxygens (including phenoxy) is 1. The van der Waals surface area contributed by atoms with Crippen molar-refractivity contribution in [2.75, 3.05) is 6.61 Å². The van der Waals surface area contributed by atoms with E-state index < -0.39 is 5.97 Å². The molecule has 3 heteroatoms. The summed E-state index contributed by atoms with van der Waals surface area (Å²) >= 11 is 3.36. The minimum absolute atomic E-state index is 0.356. The first-order valence-corrected chi connectivity index (χ1v) is 5.72. The smallest absolute Gasteiger partial charge is 0.384 e. The van der Waals surface area contributed by atoms with E-state index in [-0.39, 0.29) is 0 Å². The van der Waals surface area contributed by atoms with Crippen LogP contribution in [0.3, 0.4) is 0 Å². The third-order valence-electron chi connectivity index (χ3n) is 1.67. The van der Waals surface area contributed by atoms with E-state index in [1.165, 1.54) is 0 Å². The fourth-order valence-electron chi connectivity index (χ4n) is 1.02. The van der Waals surface area contributed by atoms with Crippen molar-refractivity contribution in [1.82, 2.24) is 0 Å². The number of halogens is 1. The highest BCUT2D eigenvalue weighted by Gasteiger charge is 1.94. The summed E-state index contributed by atoms with van der Waals surface area (Å²) in [6.45, 7) is 2.11. The molecule has 0 fully saturated rings. The maximum absolute atomic E-state index is 11.0. The molecule has 1 aromatic carbocycles. The van der Waals surface area contributed by atoms with E-state index in [1.54, 1.807) is 6.92 Å². The van der Waals surface area contributed by atoms with Crippen LogP contribution in [0.4, 0.5) is 0 Å². The Labute approximate surface area is 97.8 Å². The number of esters is 1. The number of alkyl halides is 1. The number of rotatable bonds is 2. The normalized spacial score (nSPS) is 8.93. The zero-order chi connectivity index (χ0) is 11.1. The Balaban J connectivity index is 2.75. The van der Waals surface area contributed by atoms with Crippen LogP contribution in [0.15, 0.2) is 24.3 Å². The summed E-state index contributed by atoms with van der Waals surface area (Å²) < 4.78 is 4.70. The average molecular weight is 267 g/mol. The zero-order valence-corrected chi connectivity index (χ0v) is 10.0. The van der Waals surface area contributed by atoms with Crippen molar-refractivity contribution in [3.63, 3.8) is 0 Å². The van der Waals surface area contributed by atoms with Crippen LogP contribution in [0.25, 0.3) is 0 Å². The first-order chi connectivity index (χ1) is 7.26. The van der Waals surface area contributed by atoms with E-state index in [4.69, 9.17) is 4.74 Å². The van der Waals surface area contributed by atoms with Gasteiger partial charge in [0, 0.05) is 16.8 Å². The van der Waals surface area contributed by atoms with Gasteiger partial charge >= 0.3 is 5.97 Å². The Kier molecular flexibility index (Phi) is 4.92. The predicted molar refractivity (Wildman–Crippen MR) is 62.6 cm³/mol. The molecule has 0 aliphatic rings. The van der Waals surface area contributed by atoms with Gasteiger partial charge in [-0.15, -0.1) is 0 Å². The van der Waals surface area contributed by atoms with E-state index >= 15 is 0 Å². The Bertz CT molecular complexity index is 402. The third kappa shape index (κ3) is 4.18. The van der Waals surface area contributed by atoms with E-state index in [2.05, 4.69) is 27.8 Å². The van der Waals surface area contributed by atoms with Crippen LogP contribution in [0.2, 0.25) is 0 Å². The molecule has 1 rings (SSSR count). The van der Waals surface area contributed by atoms with E-state index in [0.29, 0.717) is 6.61 Å². The monoisotopic (exact) mass is 266 g/mol. The molecule has 1 aromatic rings. The van der Waals surface area contributed by atoms with Crippen molar-refractivity contribution in [2.45, 2.75) is 12.3 Å². The number of carbonyl (C=O) groups excluding carboxylic acids is 1. The van der Waals surface area contributed by atoms with Crippen molar-refractivity contribution in [3.8, 4) is 11.8 Å². The lowest BCUT2D eigenvalue weighted by atomic mass is 10.1. The van der Waals surface area contributed by atoms with Gasteiger partial charge in [-0.25, -0.2) is 4.79 Å². The number of hydrogen-bond acceptors (Lipinski definition) is 2. The lowest BCUT2D eigenvalue weighted by molar-refractivity contribution is -0.136. The van der Waals surface area contributed by atoms with Crippen molar-refractivity contribution >= 4 is 21.9 Å². The maximum Gasteiger partial charge on any atom is 0.384 e. The molecule has 0 unspecified atom stereocenters. The van der Waals surface area contributed by atoms with Gasteiger partial charge in [0.1, 0.15) is 0 Å². The number of benzene rings is 1. The zero-order valence-electron chi connectivity index (χ0n) is 8.42. The van der Waals surface area contributed by atoms with Crippen LogP contribution in [-0.2, 0) is 14.9 Å². The molecule has 0 bridgehead atoms. The summed E-state index contributed by atoms with van der Waals surface area (Å²) in [6, 6.07) is 7.69. The molecular formula is C12H11BrO2. The quantitative estimate of drug-likeness (QED) is 0.467. The van der Waals surface area contributed by atoms with Gasteiger partial charge in [-0.1, -0.05) is 34.0 Å². The fourth-order valence-corrected chi connectivity index (χ4v) is 1.37. The minimum Gasteiger partial charge on any atom is -0.456 e. The largest absolute Gasteiger partial charge is 0.456 e. The molecule has 0 amide bonds. The predicted octanol–water partition coefficient (Wildman–Crippen LogP) is 2.50. The van der Waals surface area contributed by atoms with E-state index in [1.807, 2.05) is 24.3 Å². The Morgan fingerprint density at radius 2 is 2.33 bits per heavy atom. The summed E-state index contributed by atoms with van der Waals surface area (Å²) in [7, 11) is 0. The van der Waals surface area contributed by atoms with Crippen molar-refractivity contribution < 1.29 is 9.53 Å². The second kappa shape index (κ2) is 6.26. The summed E-state index contributed by atoms with van der Waals surface area (Å²) in [5.41, 5.74) is 1.95. The standard InChI is InChI=1S/C12H11BrO2/c1-2-15-12(14)7-6-10-4-3-5-11(8-10)9-13/h3-5,8H,2,9H2,1H3. The molecule has 0 saturated carbocycles. The van der Waals surface area contributed by atoms with E-state index in [9.17, 15) is 4.79 Å². The van der Waals surface area contributed by atoms with Crippen LogP contribution in [0.1, 0.15) is 18.1 Å². The van der Waals surface area contributed by atoms with Gasteiger partial charge in [-0.3, -0.25) is 0 Å². The van der Waals surface area contributed by atoms with Crippen molar-refractivity contribution in [3.05, 3.63) is 35.4 Å². The molecule has 0 radical (unpaired) electrons. The van der Waals surface area contributed by atoms with E-state index in [0.717, 1.165) is 16.5 Å². The second-order valence-electron chi connectivity index (χ2n) is 2.80. The fraction of sp³-hybridized carbons (Fsp3) is 0.250.